The molecule has 0 bridgehead atoms. The van der Waals surface area contributed by atoms with Crippen molar-refractivity contribution < 1.29 is 19.2 Å². The number of aryl methyl sites for hydroxylation is 1. The zero-order valence-corrected chi connectivity index (χ0v) is 11.7. The van der Waals surface area contributed by atoms with Crippen LogP contribution in [0.2, 0.25) is 0 Å². The third-order valence-corrected chi connectivity index (χ3v) is 2.62. The van der Waals surface area contributed by atoms with Gasteiger partial charge in [-0.1, -0.05) is 11.7 Å². The van der Waals surface area contributed by atoms with Gasteiger partial charge >= 0.3 is 5.97 Å². The number of rotatable bonds is 7. The van der Waals surface area contributed by atoms with Crippen LogP contribution in [0.5, 0.6) is 5.75 Å². The van der Waals surface area contributed by atoms with E-state index in [4.69, 9.17) is 14.4 Å². The van der Waals surface area contributed by atoms with Crippen LogP contribution in [0.1, 0.15) is 19.2 Å². The number of nitrogens with zero attached hydrogens (tertiary/aromatic N) is 2. The molecule has 21 heavy (non-hydrogen) atoms. The third-order valence-electron chi connectivity index (χ3n) is 2.62. The molecular formula is C15H16N2O4. The molecule has 110 valence electrons. The molecule has 0 aliphatic rings. The molecule has 1 aromatic carbocycles. The van der Waals surface area contributed by atoms with Gasteiger partial charge in [-0.15, -0.1) is 0 Å². The Bertz CT molecular complexity index is 631. The summed E-state index contributed by atoms with van der Waals surface area (Å²) in [7, 11) is 0. The van der Waals surface area contributed by atoms with Crippen LogP contribution in [-0.2, 0) is 11.2 Å². The first-order chi connectivity index (χ1) is 10.0. The SMILES string of the molecule is C=C(C)COc1ccc(-c2noc(CCC(=O)O)n2)cc1. The third kappa shape index (κ3) is 4.45. The molecule has 0 radical (unpaired) electrons. The summed E-state index contributed by atoms with van der Waals surface area (Å²) in [5, 5.41) is 12.4. The van der Waals surface area contributed by atoms with Crippen LogP contribution in [0, 0.1) is 0 Å². The van der Waals surface area contributed by atoms with E-state index in [0.29, 0.717) is 18.3 Å². The molecule has 2 aromatic rings. The quantitative estimate of drug-likeness (QED) is 0.788. The molecule has 0 fully saturated rings. The minimum absolute atomic E-state index is 0.0324. The largest absolute Gasteiger partial charge is 0.489 e. The highest BCUT2D eigenvalue weighted by molar-refractivity contribution is 5.66. The first-order valence-corrected chi connectivity index (χ1v) is 6.46. The Balaban J connectivity index is 2.01. The number of aliphatic carboxylic acids is 1. The van der Waals surface area contributed by atoms with E-state index in [9.17, 15) is 4.79 Å². The lowest BCUT2D eigenvalue weighted by molar-refractivity contribution is -0.137. The molecule has 2 rings (SSSR count). The molecule has 0 spiro atoms. The lowest BCUT2D eigenvalue weighted by Crippen LogP contribution is -1.97. The molecule has 0 atom stereocenters. The fourth-order valence-corrected chi connectivity index (χ4v) is 1.59. The summed E-state index contributed by atoms with van der Waals surface area (Å²) >= 11 is 0. The molecule has 0 amide bonds. The van der Waals surface area contributed by atoms with E-state index in [2.05, 4.69) is 16.7 Å². The highest BCUT2D eigenvalue weighted by Crippen LogP contribution is 2.20. The van der Waals surface area contributed by atoms with E-state index in [1.54, 1.807) is 0 Å². The highest BCUT2D eigenvalue weighted by Gasteiger charge is 2.10. The van der Waals surface area contributed by atoms with Crippen LogP contribution in [0.3, 0.4) is 0 Å². The molecule has 6 nitrogen and oxygen atoms in total. The molecule has 0 aliphatic carbocycles. The van der Waals surface area contributed by atoms with Gasteiger partial charge < -0.3 is 14.4 Å². The van der Waals surface area contributed by atoms with Crippen molar-refractivity contribution in [3.05, 3.63) is 42.3 Å². The van der Waals surface area contributed by atoms with E-state index in [0.717, 1.165) is 16.9 Å². The van der Waals surface area contributed by atoms with Crippen LogP contribution >= 0.6 is 0 Å². The Labute approximate surface area is 122 Å². The molecule has 1 N–H and O–H groups in total. The summed E-state index contributed by atoms with van der Waals surface area (Å²) in [5.74, 6) is 0.585. The van der Waals surface area contributed by atoms with Gasteiger partial charge in [-0.2, -0.15) is 4.98 Å². The van der Waals surface area contributed by atoms with Crippen molar-refractivity contribution in [2.45, 2.75) is 19.8 Å². The van der Waals surface area contributed by atoms with Gasteiger partial charge in [0.05, 0.1) is 6.42 Å². The second-order valence-corrected chi connectivity index (χ2v) is 4.68. The Kier molecular flexibility index (Phi) is 4.71. The van der Waals surface area contributed by atoms with Gasteiger partial charge in [0.2, 0.25) is 11.7 Å². The average Bonchev–Trinajstić information content (AvgIpc) is 2.92. The molecule has 1 aromatic heterocycles. The van der Waals surface area contributed by atoms with Crippen molar-refractivity contribution in [1.82, 2.24) is 10.1 Å². The van der Waals surface area contributed by atoms with Crippen LogP contribution < -0.4 is 4.74 Å². The zero-order valence-electron chi connectivity index (χ0n) is 11.7. The van der Waals surface area contributed by atoms with Gasteiger partial charge in [0.15, 0.2) is 0 Å². The van der Waals surface area contributed by atoms with E-state index < -0.39 is 5.97 Å². The first-order valence-electron chi connectivity index (χ1n) is 6.46. The summed E-state index contributed by atoms with van der Waals surface area (Å²) in [4.78, 5) is 14.6. The number of aromatic nitrogens is 2. The first kappa shape index (κ1) is 14.8. The number of carboxylic acids is 1. The lowest BCUT2D eigenvalue weighted by atomic mass is 10.2. The second kappa shape index (κ2) is 6.69. The van der Waals surface area contributed by atoms with E-state index in [1.165, 1.54) is 0 Å². The summed E-state index contributed by atoms with van der Waals surface area (Å²) in [6.45, 7) is 6.14. The smallest absolute Gasteiger partial charge is 0.303 e. The number of carbonyl (C=O) groups is 1. The maximum atomic E-state index is 10.5. The molecule has 0 saturated carbocycles. The lowest BCUT2D eigenvalue weighted by Gasteiger charge is -2.05. The van der Waals surface area contributed by atoms with Crippen molar-refractivity contribution in [3.63, 3.8) is 0 Å². The predicted molar refractivity (Wildman–Crippen MR) is 76.0 cm³/mol. The van der Waals surface area contributed by atoms with Crippen molar-refractivity contribution in [1.29, 1.82) is 0 Å². The molecule has 0 saturated heterocycles. The van der Waals surface area contributed by atoms with Gasteiger partial charge in [0.1, 0.15) is 12.4 Å². The summed E-state index contributed by atoms with van der Waals surface area (Å²) < 4.78 is 10.5. The standard InChI is InChI=1S/C15H16N2O4/c1-10(2)9-20-12-5-3-11(4-6-12)15-16-13(21-17-15)7-8-14(18)19/h3-6H,1,7-9H2,2H3,(H,18,19). The zero-order chi connectivity index (χ0) is 15.2. The molecule has 1 heterocycles. The fourth-order valence-electron chi connectivity index (χ4n) is 1.59. The van der Waals surface area contributed by atoms with Crippen molar-refractivity contribution in [3.8, 4) is 17.1 Å². The Morgan fingerprint density at radius 2 is 2.10 bits per heavy atom. The van der Waals surface area contributed by atoms with Crippen LogP contribution in [0.4, 0.5) is 0 Å². The van der Waals surface area contributed by atoms with E-state index >= 15 is 0 Å². The van der Waals surface area contributed by atoms with Gasteiger partial charge in [-0.3, -0.25) is 4.79 Å². The Morgan fingerprint density at radius 3 is 2.71 bits per heavy atom. The molecule has 0 unspecified atom stereocenters. The monoisotopic (exact) mass is 288 g/mol. The number of hydrogen-bond donors (Lipinski definition) is 1. The minimum atomic E-state index is -0.895. The highest BCUT2D eigenvalue weighted by atomic mass is 16.5. The number of benzene rings is 1. The van der Waals surface area contributed by atoms with Crippen molar-refractivity contribution >= 4 is 5.97 Å². The number of hydrogen-bond acceptors (Lipinski definition) is 5. The maximum absolute atomic E-state index is 10.5. The molecule has 0 aliphatic heterocycles. The van der Waals surface area contributed by atoms with Gasteiger partial charge in [-0.05, 0) is 36.8 Å². The second-order valence-electron chi connectivity index (χ2n) is 4.68. The number of carboxylic acid groups (broad SMARTS) is 1. The topological polar surface area (TPSA) is 85.5 Å². The van der Waals surface area contributed by atoms with E-state index in [-0.39, 0.29) is 12.8 Å². The predicted octanol–water partition coefficient (Wildman–Crippen LogP) is 2.71. The van der Waals surface area contributed by atoms with Crippen LogP contribution in [0.15, 0.2) is 40.9 Å². The van der Waals surface area contributed by atoms with Crippen molar-refractivity contribution in [2.24, 2.45) is 0 Å². The van der Waals surface area contributed by atoms with Crippen LogP contribution in [-0.4, -0.2) is 27.8 Å². The van der Waals surface area contributed by atoms with Crippen LogP contribution in [0.25, 0.3) is 11.4 Å². The summed E-state index contributed by atoms with van der Waals surface area (Å²) in [6.07, 6.45) is 0.192. The Morgan fingerprint density at radius 1 is 1.38 bits per heavy atom. The average molecular weight is 288 g/mol. The summed E-state index contributed by atoms with van der Waals surface area (Å²) in [5.41, 5.74) is 1.73. The van der Waals surface area contributed by atoms with Gasteiger partial charge in [0, 0.05) is 12.0 Å². The normalized spacial score (nSPS) is 10.3. The van der Waals surface area contributed by atoms with E-state index in [1.807, 2.05) is 31.2 Å². The van der Waals surface area contributed by atoms with Crippen molar-refractivity contribution in [2.75, 3.05) is 6.61 Å². The Hall–Kier alpha value is -2.63. The minimum Gasteiger partial charge on any atom is -0.489 e. The maximum Gasteiger partial charge on any atom is 0.303 e. The number of ether oxygens (including phenoxy) is 1. The summed E-state index contributed by atoms with van der Waals surface area (Å²) in [6, 6.07) is 7.26. The fraction of sp³-hybridized carbons (Fsp3) is 0.267. The van der Waals surface area contributed by atoms with Gasteiger partial charge in [-0.25, -0.2) is 0 Å². The molecular weight excluding hydrogens is 272 g/mol. The molecule has 6 heteroatoms. The van der Waals surface area contributed by atoms with Gasteiger partial charge in [0.25, 0.3) is 0 Å².